The monoisotopic (exact) mass is 481 g/mol. The van der Waals surface area contributed by atoms with Crippen molar-refractivity contribution in [1.29, 1.82) is 0 Å². The molecule has 3 rings (SSSR count). The Bertz CT molecular complexity index is 1270. The molecule has 6 nitrogen and oxygen atoms in total. The Balaban J connectivity index is 1.94. The van der Waals surface area contributed by atoms with Crippen molar-refractivity contribution in [2.45, 2.75) is 31.1 Å². The molecule has 0 aliphatic rings. The Labute approximate surface area is 202 Å². The maximum absolute atomic E-state index is 13.2. The van der Waals surface area contributed by atoms with E-state index < -0.39 is 10.0 Å². The number of benzene rings is 3. The van der Waals surface area contributed by atoms with E-state index in [1.54, 1.807) is 51.7 Å². The molecule has 3 aromatic rings. The molecule has 1 N–H and O–H groups in total. The number of anilines is 1. The molecule has 0 spiro atoms. The lowest BCUT2D eigenvalue weighted by Gasteiger charge is -2.20. The fourth-order valence-corrected chi connectivity index (χ4v) is 4.59. The minimum atomic E-state index is -3.77. The molecule has 0 unspecified atom stereocenters. The summed E-state index contributed by atoms with van der Waals surface area (Å²) < 4.78 is 45.3. The van der Waals surface area contributed by atoms with Crippen LogP contribution in [0.3, 0.4) is 0 Å². The molecule has 0 radical (unpaired) electrons. The summed E-state index contributed by atoms with van der Waals surface area (Å²) in [5, 5.41) is 0. The quantitative estimate of drug-likeness (QED) is 0.401. The van der Waals surface area contributed by atoms with Crippen LogP contribution in [0.2, 0.25) is 0 Å². The Morgan fingerprint density at radius 1 is 0.794 bits per heavy atom. The van der Waals surface area contributed by atoms with Gasteiger partial charge in [0.1, 0.15) is 0 Å². The van der Waals surface area contributed by atoms with E-state index in [0.29, 0.717) is 28.5 Å². The minimum absolute atomic E-state index is 0.160. The van der Waals surface area contributed by atoms with Gasteiger partial charge in [0.15, 0.2) is 11.5 Å². The standard InChI is InChI=1S/C27H31NO5S/c1-27(2,3)21-11-9-12-22(18-21)34(29,30)28-23-13-8-7-10-20(23)15-14-19-16-24(31-4)26(33-6)25(17-19)32-5/h7-18,28H,1-6H3. The lowest BCUT2D eigenvalue weighted by atomic mass is 9.87. The lowest BCUT2D eigenvalue weighted by molar-refractivity contribution is 0.324. The molecule has 180 valence electrons. The summed E-state index contributed by atoms with van der Waals surface area (Å²) in [7, 11) is 0.897. The highest BCUT2D eigenvalue weighted by Gasteiger charge is 2.20. The van der Waals surface area contributed by atoms with Crippen LogP contribution in [-0.4, -0.2) is 29.7 Å². The third kappa shape index (κ3) is 5.72. The SMILES string of the molecule is COc1cc(C=Cc2ccccc2NS(=O)(=O)c2cccc(C(C)(C)C)c2)cc(OC)c1OC. The highest BCUT2D eigenvalue weighted by atomic mass is 32.2. The fraction of sp³-hybridized carbons (Fsp3) is 0.259. The second-order valence-electron chi connectivity index (χ2n) is 8.76. The van der Waals surface area contributed by atoms with Gasteiger partial charge in [0.05, 0.1) is 31.9 Å². The number of hydrogen-bond acceptors (Lipinski definition) is 5. The Morgan fingerprint density at radius 3 is 2.03 bits per heavy atom. The normalized spacial score (nSPS) is 11.9. The van der Waals surface area contributed by atoms with Crippen LogP contribution in [0.15, 0.2) is 65.6 Å². The van der Waals surface area contributed by atoms with Gasteiger partial charge in [0.2, 0.25) is 5.75 Å². The summed E-state index contributed by atoms with van der Waals surface area (Å²) in [4.78, 5) is 0.225. The van der Waals surface area contributed by atoms with E-state index in [0.717, 1.165) is 11.1 Å². The molecule has 0 saturated carbocycles. The Kier molecular flexibility index (Phi) is 7.57. The molecule has 7 heteroatoms. The largest absolute Gasteiger partial charge is 0.493 e. The van der Waals surface area contributed by atoms with Gasteiger partial charge in [-0.15, -0.1) is 0 Å². The molecule has 0 atom stereocenters. The predicted molar refractivity (Wildman–Crippen MR) is 137 cm³/mol. The van der Waals surface area contributed by atoms with E-state index in [1.807, 2.05) is 42.5 Å². The third-order valence-electron chi connectivity index (χ3n) is 5.36. The van der Waals surface area contributed by atoms with Crippen LogP contribution in [-0.2, 0) is 15.4 Å². The van der Waals surface area contributed by atoms with Crippen LogP contribution < -0.4 is 18.9 Å². The number of nitrogens with one attached hydrogen (secondary N) is 1. The Hall–Kier alpha value is -3.45. The van der Waals surface area contributed by atoms with Gasteiger partial charge in [-0.3, -0.25) is 4.72 Å². The number of hydrogen-bond donors (Lipinski definition) is 1. The number of para-hydroxylation sites is 1. The number of rotatable bonds is 8. The lowest BCUT2D eigenvalue weighted by Crippen LogP contribution is -2.16. The first-order valence-corrected chi connectivity index (χ1v) is 12.3. The van der Waals surface area contributed by atoms with Crippen LogP contribution in [0.25, 0.3) is 12.2 Å². The molecule has 3 aromatic carbocycles. The minimum Gasteiger partial charge on any atom is -0.493 e. The maximum Gasteiger partial charge on any atom is 0.261 e. The van der Waals surface area contributed by atoms with Crippen molar-refractivity contribution in [2.24, 2.45) is 0 Å². The second kappa shape index (κ2) is 10.2. The van der Waals surface area contributed by atoms with Gasteiger partial charge < -0.3 is 14.2 Å². The zero-order valence-corrected chi connectivity index (χ0v) is 21.2. The predicted octanol–water partition coefficient (Wildman–Crippen LogP) is 5.98. The highest BCUT2D eigenvalue weighted by molar-refractivity contribution is 7.92. The van der Waals surface area contributed by atoms with Crippen molar-refractivity contribution in [2.75, 3.05) is 26.1 Å². The summed E-state index contributed by atoms with van der Waals surface area (Å²) in [6.07, 6.45) is 3.70. The first kappa shape index (κ1) is 25.2. The summed E-state index contributed by atoms with van der Waals surface area (Å²) in [5.74, 6) is 1.58. The number of ether oxygens (including phenoxy) is 3. The van der Waals surface area contributed by atoms with E-state index in [2.05, 4.69) is 25.5 Å². The molecule has 0 heterocycles. The van der Waals surface area contributed by atoms with E-state index in [9.17, 15) is 8.42 Å². The second-order valence-corrected chi connectivity index (χ2v) is 10.4. The summed E-state index contributed by atoms with van der Waals surface area (Å²) >= 11 is 0. The van der Waals surface area contributed by atoms with E-state index in [-0.39, 0.29) is 10.3 Å². The molecule has 0 amide bonds. The zero-order valence-electron chi connectivity index (χ0n) is 20.4. The van der Waals surface area contributed by atoms with E-state index in [4.69, 9.17) is 14.2 Å². The van der Waals surface area contributed by atoms with Crippen molar-refractivity contribution >= 4 is 27.9 Å². The number of methoxy groups -OCH3 is 3. The van der Waals surface area contributed by atoms with E-state index in [1.165, 1.54) is 0 Å². The van der Waals surface area contributed by atoms with Crippen LogP contribution in [0.4, 0.5) is 5.69 Å². The maximum atomic E-state index is 13.2. The van der Waals surface area contributed by atoms with Gasteiger partial charge in [0, 0.05) is 0 Å². The Morgan fingerprint density at radius 2 is 1.44 bits per heavy atom. The summed E-state index contributed by atoms with van der Waals surface area (Å²) in [6, 6.07) is 17.9. The average molecular weight is 482 g/mol. The van der Waals surface area contributed by atoms with Crippen LogP contribution >= 0.6 is 0 Å². The molecule has 0 fully saturated rings. The van der Waals surface area contributed by atoms with Crippen LogP contribution in [0.1, 0.15) is 37.5 Å². The summed E-state index contributed by atoms with van der Waals surface area (Å²) in [5.41, 5.74) is 2.79. The van der Waals surface area contributed by atoms with Crippen molar-refractivity contribution in [3.05, 3.63) is 77.4 Å². The average Bonchev–Trinajstić information content (AvgIpc) is 2.82. The molecule has 0 aliphatic carbocycles. The smallest absolute Gasteiger partial charge is 0.261 e. The van der Waals surface area contributed by atoms with Gasteiger partial charge in [-0.05, 0) is 52.4 Å². The van der Waals surface area contributed by atoms with Gasteiger partial charge in [0.25, 0.3) is 10.0 Å². The van der Waals surface area contributed by atoms with Gasteiger partial charge in [-0.1, -0.05) is 63.3 Å². The molecule has 0 bridgehead atoms. The van der Waals surface area contributed by atoms with Crippen LogP contribution in [0, 0.1) is 0 Å². The first-order chi connectivity index (χ1) is 16.1. The third-order valence-corrected chi connectivity index (χ3v) is 6.72. The van der Waals surface area contributed by atoms with Crippen molar-refractivity contribution in [3.63, 3.8) is 0 Å². The van der Waals surface area contributed by atoms with Crippen molar-refractivity contribution in [3.8, 4) is 17.2 Å². The van der Waals surface area contributed by atoms with E-state index >= 15 is 0 Å². The topological polar surface area (TPSA) is 73.9 Å². The molecule has 0 saturated heterocycles. The van der Waals surface area contributed by atoms with Gasteiger partial charge in [-0.25, -0.2) is 8.42 Å². The first-order valence-electron chi connectivity index (χ1n) is 10.8. The zero-order chi connectivity index (χ0) is 24.9. The number of sulfonamides is 1. The summed E-state index contributed by atoms with van der Waals surface area (Å²) in [6.45, 7) is 6.15. The fourth-order valence-electron chi connectivity index (χ4n) is 3.45. The highest BCUT2D eigenvalue weighted by Crippen LogP contribution is 2.38. The molecule has 34 heavy (non-hydrogen) atoms. The molecule has 0 aromatic heterocycles. The molecule has 0 aliphatic heterocycles. The van der Waals surface area contributed by atoms with Gasteiger partial charge >= 0.3 is 0 Å². The molecular weight excluding hydrogens is 450 g/mol. The van der Waals surface area contributed by atoms with Crippen molar-refractivity contribution in [1.82, 2.24) is 0 Å². The van der Waals surface area contributed by atoms with Crippen molar-refractivity contribution < 1.29 is 22.6 Å². The van der Waals surface area contributed by atoms with Crippen LogP contribution in [0.5, 0.6) is 17.2 Å². The van der Waals surface area contributed by atoms with Gasteiger partial charge in [-0.2, -0.15) is 0 Å². The molecular formula is C27H31NO5S.